The van der Waals surface area contributed by atoms with Crippen molar-refractivity contribution in [2.75, 3.05) is 0 Å². The van der Waals surface area contributed by atoms with Crippen molar-refractivity contribution in [1.29, 1.82) is 0 Å². The number of hydrogen-bond acceptors (Lipinski definition) is 0. The maximum atomic E-state index is 2.44. The molecule has 0 amide bonds. The summed E-state index contributed by atoms with van der Waals surface area (Å²) in [4.78, 5) is 0. The minimum Gasteiger partial charge on any atom is -0.309 e. The first-order valence-corrected chi connectivity index (χ1v) is 47.0. The summed E-state index contributed by atoms with van der Waals surface area (Å²) in [5, 5.41) is 25.3. The van der Waals surface area contributed by atoms with Crippen molar-refractivity contribution in [3.63, 3.8) is 0 Å². The third-order valence-electron chi connectivity index (χ3n) is 28.6. The molecule has 632 valence electrons. The normalized spacial score (nSPS) is 11.8. The van der Waals surface area contributed by atoms with Gasteiger partial charge in [-0.05, 0) is 287 Å². The zero-order valence-corrected chi connectivity index (χ0v) is 74.3. The van der Waals surface area contributed by atoms with Gasteiger partial charge in [-0.25, -0.2) is 0 Å². The van der Waals surface area contributed by atoms with E-state index in [0.717, 1.165) is 22.7 Å². The van der Waals surface area contributed by atoms with E-state index in [1.165, 1.54) is 241 Å². The molecule has 0 bridgehead atoms. The van der Waals surface area contributed by atoms with Gasteiger partial charge in [0.15, 0.2) is 0 Å². The Balaban J connectivity index is 0.000000138. The van der Waals surface area contributed by atoms with Crippen LogP contribution in [-0.2, 0) is 0 Å². The summed E-state index contributed by atoms with van der Waals surface area (Å²) < 4.78 is 9.68. The molecule has 0 aliphatic heterocycles. The highest BCUT2D eigenvalue weighted by Gasteiger charge is 2.23. The van der Waals surface area contributed by atoms with Gasteiger partial charge in [0.05, 0.1) is 44.1 Å². The van der Waals surface area contributed by atoms with Crippen LogP contribution in [0, 0.1) is 0 Å². The second-order valence-corrected chi connectivity index (χ2v) is 36.1. The summed E-state index contributed by atoms with van der Waals surface area (Å²) in [6.07, 6.45) is 0. The first-order chi connectivity index (χ1) is 67.4. The summed E-state index contributed by atoms with van der Waals surface area (Å²) in [5.41, 5.74) is 33.6. The zero-order valence-electron chi connectivity index (χ0n) is 74.3. The van der Waals surface area contributed by atoms with Crippen LogP contribution >= 0.6 is 0 Å². The molecule has 24 aromatic carbocycles. The minimum absolute atomic E-state index is 1.14. The van der Waals surface area contributed by atoms with Gasteiger partial charge < -0.3 is 18.3 Å². The standard InChI is InChI=1S/2C66H42N2/c1-2-13-43(14-3-1)44-25-27-45(28-26-44)46-29-34-51(35-30-46)67-63-23-10-8-21-57(63)61-40-48(32-37-65(61)67)49-33-38-66-62(41-49)58-22-9-11-24-64(58)68(66)52-17-12-16-50(39-52)59-42-60-53-18-5-4-15-47(53)31-36-56(60)54-19-6-7-20-55(54)59;1-2-12-43(13-3-1)44-22-24-45(25-23-44)46-26-33-51(34-27-46)67-63-20-10-8-18-57(63)61-40-49(31-38-65(61)67)50-32-39-66-62(41-50)58-19-9-11-21-64(58)68(66)52-35-28-48(29-36-52)59-42-60-53-15-5-4-14-47(53)30-37-56(60)54-16-6-7-17-55(54)59/h2*1-42H. The number of hydrogen-bond donors (Lipinski definition) is 0. The molecule has 0 N–H and O–H groups in total. The predicted octanol–water partition coefficient (Wildman–Crippen LogP) is 36.0. The molecule has 136 heavy (non-hydrogen) atoms. The lowest BCUT2D eigenvalue weighted by Crippen LogP contribution is -1.95. The van der Waals surface area contributed by atoms with Gasteiger partial charge in [0.1, 0.15) is 0 Å². The third kappa shape index (κ3) is 13.0. The lowest BCUT2D eigenvalue weighted by atomic mass is 9.91. The fourth-order valence-electron chi connectivity index (χ4n) is 22.1. The van der Waals surface area contributed by atoms with Crippen LogP contribution in [0.3, 0.4) is 0 Å². The molecule has 4 heteroatoms. The molecule has 4 heterocycles. The summed E-state index contributed by atoms with van der Waals surface area (Å²) in [6, 6.07) is 187. The number of nitrogens with zero attached hydrogens (tertiary/aromatic N) is 4. The Morgan fingerprint density at radius 2 is 0.331 bits per heavy atom. The summed E-state index contributed by atoms with van der Waals surface area (Å²) in [6.45, 7) is 0. The molecule has 0 saturated carbocycles. The van der Waals surface area contributed by atoms with Crippen LogP contribution in [0.1, 0.15) is 0 Å². The number of rotatable bonds is 12. The largest absolute Gasteiger partial charge is 0.309 e. The van der Waals surface area contributed by atoms with Crippen molar-refractivity contribution in [3.8, 4) is 112 Å². The number of aromatic nitrogens is 4. The third-order valence-corrected chi connectivity index (χ3v) is 28.6. The Morgan fingerprint density at radius 1 is 0.0956 bits per heavy atom. The molecular formula is C132H84N4. The number of para-hydroxylation sites is 4. The van der Waals surface area contributed by atoms with E-state index in [-0.39, 0.29) is 0 Å². The molecule has 0 unspecified atom stereocenters. The summed E-state index contributed by atoms with van der Waals surface area (Å²) >= 11 is 0. The van der Waals surface area contributed by atoms with Crippen molar-refractivity contribution in [1.82, 2.24) is 18.3 Å². The monoisotopic (exact) mass is 1720 g/mol. The maximum Gasteiger partial charge on any atom is 0.0541 e. The fourth-order valence-corrected chi connectivity index (χ4v) is 22.1. The van der Waals surface area contributed by atoms with Crippen LogP contribution in [0.5, 0.6) is 0 Å². The van der Waals surface area contributed by atoms with Crippen LogP contribution in [0.2, 0.25) is 0 Å². The van der Waals surface area contributed by atoms with Crippen molar-refractivity contribution in [2.45, 2.75) is 0 Å². The Bertz CT molecular complexity index is 9670. The molecule has 28 rings (SSSR count). The first-order valence-electron chi connectivity index (χ1n) is 47.0. The molecule has 4 nitrogen and oxygen atoms in total. The van der Waals surface area contributed by atoms with Gasteiger partial charge in [0, 0.05) is 65.8 Å². The SMILES string of the molecule is c1ccc(-c2ccc(-c3ccc(-n4c5ccccc5c5cc(-c6ccc7c(c6)c6ccccc6n7-c6ccc(-c7cc8c9ccccc9ccc8c8ccccc78)cc6)ccc54)cc3)cc2)cc1.c1ccc(-c2ccc(-c3ccc(-n4c5ccccc5c5cc(-c6ccc7c(c6)c6ccccc6n7-c6cccc(-c7cc8c9ccccc9ccc8c8ccccc78)c6)ccc54)cc3)cc2)cc1. The van der Waals surface area contributed by atoms with Crippen molar-refractivity contribution >= 4 is 152 Å². The van der Waals surface area contributed by atoms with E-state index >= 15 is 0 Å². The van der Waals surface area contributed by atoms with Gasteiger partial charge in [-0.2, -0.15) is 0 Å². The second kappa shape index (κ2) is 32.0. The smallest absolute Gasteiger partial charge is 0.0541 e. The van der Waals surface area contributed by atoms with E-state index in [1.54, 1.807) is 0 Å². The molecule has 0 fully saturated rings. The minimum atomic E-state index is 1.14. The lowest BCUT2D eigenvalue weighted by Gasteiger charge is -2.15. The maximum absolute atomic E-state index is 2.44. The zero-order chi connectivity index (χ0) is 89.4. The average Bonchev–Trinajstić information content (AvgIpc) is 1.42. The Morgan fingerprint density at radius 3 is 0.676 bits per heavy atom. The second-order valence-electron chi connectivity index (χ2n) is 36.1. The first kappa shape index (κ1) is 77.9. The molecule has 28 aromatic rings. The van der Waals surface area contributed by atoms with Crippen LogP contribution in [0.15, 0.2) is 510 Å². The highest BCUT2D eigenvalue weighted by molar-refractivity contribution is 6.24. The quantitative estimate of drug-likeness (QED) is 0.109. The van der Waals surface area contributed by atoms with Gasteiger partial charge in [0.25, 0.3) is 0 Å². The molecule has 0 aliphatic rings. The number of benzene rings is 24. The summed E-state index contributed by atoms with van der Waals surface area (Å²) in [5.74, 6) is 0. The highest BCUT2D eigenvalue weighted by Crippen LogP contribution is 2.47. The van der Waals surface area contributed by atoms with E-state index in [0.29, 0.717) is 0 Å². The van der Waals surface area contributed by atoms with Crippen LogP contribution < -0.4 is 0 Å². The molecule has 4 aromatic heterocycles. The van der Waals surface area contributed by atoms with Crippen LogP contribution in [0.25, 0.3) is 264 Å². The molecule has 0 aliphatic carbocycles. The Kier molecular flexibility index (Phi) is 18.3. The van der Waals surface area contributed by atoms with Gasteiger partial charge >= 0.3 is 0 Å². The van der Waals surface area contributed by atoms with Crippen molar-refractivity contribution in [2.24, 2.45) is 0 Å². The average molecular weight is 1730 g/mol. The topological polar surface area (TPSA) is 19.7 Å². The fraction of sp³-hybridized carbons (Fsp3) is 0. The van der Waals surface area contributed by atoms with Crippen LogP contribution in [0.4, 0.5) is 0 Å². The van der Waals surface area contributed by atoms with Gasteiger partial charge in [-0.15, -0.1) is 0 Å². The molecular weight excluding hydrogens is 1640 g/mol. The van der Waals surface area contributed by atoms with Crippen molar-refractivity contribution < 1.29 is 0 Å². The molecule has 0 radical (unpaired) electrons. The Labute approximate surface area is 785 Å². The lowest BCUT2D eigenvalue weighted by molar-refractivity contribution is 1.18. The van der Waals surface area contributed by atoms with E-state index in [9.17, 15) is 0 Å². The molecule has 0 atom stereocenters. The van der Waals surface area contributed by atoms with Gasteiger partial charge in [-0.3, -0.25) is 0 Å². The van der Waals surface area contributed by atoms with Crippen LogP contribution in [-0.4, -0.2) is 18.3 Å². The van der Waals surface area contributed by atoms with Gasteiger partial charge in [-0.1, -0.05) is 376 Å². The number of fused-ring (bicyclic) bond motifs is 22. The van der Waals surface area contributed by atoms with E-state index in [4.69, 9.17) is 0 Å². The Hall–Kier alpha value is -18.0. The van der Waals surface area contributed by atoms with E-state index < -0.39 is 0 Å². The highest BCUT2D eigenvalue weighted by atomic mass is 15.0. The van der Waals surface area contributed by atoms with Gasteiger partial charge in [0.2, 0.25) is 0 Å². The van der Waals surface area contributed by atoms with E-state index in [1.807, 2.05) is 0 Å². The van der Waals surface area contributed by atoms with Crippen molar-refractivity contribution in [3.05, 3.63) is 510 Å². The van der Waals surface area contributed by atoms with E-state index in [2.05, 4.69) is 528 Å². The predicted molar refractivity (Wildman–Crippen MR) is 579 cm³/mol. The molecule has 0 spiro atoms. The summed E-state index contributed by atoms with van der Waals surface area (Å²) in [7, 11) is 0. The molecule has 0 saturated heterocycles.